The van der Waals surface area contributed by atoms with Gasteiger partial charge in [0.05, 0.1) is 26.1 Å². The van der Waals surface area contributed by atoms with Gasteiger partial charge in [0.1, 0.15) is 5.75 Å². The van der Waals surface area contributed by atoms with Crippen LogP contribution < -0.4 is 19.5 Å². The van der Waals surface area contributed by atoms with Crippen molar-refractivity contribution >= 4 is 17.7 Å². The summed E-state index contributed by atoms with van der Waals surface area (Å²) in [6.45, 7) is 1.95. The number of fused-ring (bicyclic) bond motifs is 1. The average molecular weight is 373 g/mol. The second-order valence-electron chi connectivity index (χ2n) is 5.90. The Morgan fingerprint density at radius 3 is 2.65 bits per heavy atom. The van der Waals surface area contributed by atoms with E-state index in [2.05, 4.69) is 5.32 Å². The summed E-state index contributed by atoms with van der Waals surface area (Å²) in [6, 6.07) is 13.7. The molecule has 138 valence electrons. The summed E-state index contributed by atoms with van der Waals surface area (Å²) in [5.74, 6) is 2.77. The molecule has 0 saturated carbocycles. The average Bonchev–Trinajstić information content (AvgIpc) is 2.92. The summed E-state index contributed by atoms with van der Waals surface area (Å²) in [5.41, 5.74) is 1.17. The van der Waals surface area contributed by atoms with Crippen LogP contribution in [0, 0.1) is 0 Å². The lowest BCUT2D eigenvalue weighted by molar-refractivity contribution is -0.118. The van der Waals surface area contributed by atoms with E-state index in [1.165, 1.54) is 17.3 Å². The van der Waals surface area contributed by atoms with Crippen LogP contribution in [0.25, 0.3) is 0 Å². The molecular weight excluding hydrogens is 350 g/mol. The molecule has 0 atom stereocenters. The summed E-state index contributed by atoms with van der Waals surface area (Å²) in [4.78, 5) is 13.0. The van der Waals surface area contributed by atoms with Crippen molar-refractivity contribution in [3.05, 3.63) is 48.0 Å². The summed E-state index contributed by atoms with van der Waals surface area (Å²) in [5, 5.41) is 2.96. The Morgan fingerprint density at radius 1 is 1.12 bits per heavy atom. The third-order valence-corrected chi connectivity index (χ3v) is 4.98. The van der Waals surface area contributed by atoms with Gasteiger partial charge in [-0.2, -0.15) is 0 Å². The molecule has 1 heterocycles. The second-order valence-corrected chi connectivity index (χ2v) is 6.94. The summed E-state index contributed by atoms with van der Waals surface area (Å²) < 4.78 is 16.4. The summed E-state index contributed by atoms with van der Waals surface area (Å²) in [7, 11) is 1.65. The lowest BCUT2D eigenvalue weighted by Crippen LogP contribution is -2.27. The molecule has 0 aromatic heterocycles. The molecule has 0 fully saturated rings. The highest BCUT2D eigenvalue weighted by molar-refractivity contribution is 8.00. The van der Waals surface area contributed by atoms with E-state index in [-0.39, 0.29) is 5.91 Å². The number of carbonyl (C=O) groups excluding carboxylic acids is 1. The first-order valence-electron chi connectivity index (χ1n) is 8.66. The van der Waals surface area contributed by atoms with Crippen LogP contribution in [0.3, 0.4) is 0 Å². The normalized spacial score (nSPS) is 13.0. The van der Waals surface area contributed by atoms with E-state index < -0.39 is 0 Å². The maximum Gasteiger partial charge on any atom is 0.230 e. The van der Waals surface area contributed by atoms with Crippen LogP contribution in [-0.2, 0) is 11.2 Å². The molecule has 1 N–H and O–H groups in total. The third kappa shape index (κ3) is 5.33. The van der Waals surface area contributed by atoms with Gasteiger partial charge < -0.3 is 19.5 Å². The molecule has 3 rings (SSSR count). The first-order valence-corrected chi connectivity index (χ1v) is 9.65. The number of nitrogens with one attached hydrogen (secondary N) is 1. The minimum absolute atomic E-state index is 0.0237. The number of benzene rings is 2. The minimum atomic E-state index is 0.0237. The van der Waals surface area contributed by atoms with Crippen molar-refractivity contribution < 1.29 is 19.0 Å². The number of ether oxygens (including phenoxy) is 3. The Hall–Kier alpha value is -2.34. The number of carbonyl (C=O) groups is 1. The maximum atomic E-state index is 12.0. The Kier molecular flexibility index (Phi) is 6.66. The van der Waals surface area contributed by atoms with Crippen molar-refractivity contribution in [3.63, 3.8) is 0 Å². The van der Waals surface area contributed by atoms with Gasteiger partial charge in [-0.15, -0.1) is 11.8 Å². The van der Waals surface area contributed by atoms with Crippen molar-refractivity contribution in [2.75, 3.05) is 32.6 Å². The number of rotatable bonds is 7. The van der Waals surface area contributed by atoms with E-state index in [0.29, 0.717) is 25.5 Å². The van der Waals surface area contributed by atoms with Crippen molar-refractivity contribution in [2.45, 2.75) is 17.7 Å². The van der Waals surface area contributed by atoms with Crippen LogP contribution in [-0.4, -0.2) is 38.5 Å². The van der Waals surface area contributed by atoms with Gasteiger partial charge in [-0.25, -0.2) is 0 Å². The molecule has 2 aromatic carbocycles. The zero-order valence-electron chi connectivity index (χ0n) is 14.8. The minimum Gasteiger partial charge on any atom is -0.497 e. The zero-order valence-corrected chi connectivity index (χ0v) is 15.6. The Morgan fingerprint density at radius 2 is 1.88 bits per heavy atom. The number of hydrogen-bond donors (Lipinski definition) is 1. The summed E-state index contributed by atoms with van der Waals surface area (Å²) in [6.07, 6.45) is 1.68. The number of hydrogen-bond acceptors (Lipinski definition) is 5. The van der Waals surface area contributed by atoms with Crippen LogP contribution in [0.5, 0.6) is 17.2 Å². The molecule has 0 unspecified atom stereocenters. The molecule has 2 aromatic rings. The SMILES string of the molecule is COc1ccc(CCNC(=O)CSc2ccc3c(c2)OCCCO3)cc1. The van der Waals surface area contributed by atoms with Crippen LogP contribution >= 0.6 is 11.8 Å². The van der Waals surface area contributed by atoms with Gasteiger partial charge in [-0.3, -0.25) is 4.79 Å². The largest absolute Gasteiger partial charge is 0.497 e. The third-order valence-electron chi connectivity index (χ3n) is 3.98. The van der Waals surface area contributed by atoms with E-state index in [4.69, 9.17) is 14.2 Å². The molecule has 0 radical (unpaired) electrons. The molecule has 1 amide bonds. The smallest absolute Gasteiger partial charge is 0.230 e. The quantitative estimate of drug-likeness (QED) is 0.755. The van der Waals surface area contributed by atoms with Gasteiger partial charge in [0, 0.05) is 17.9 Å². The van der Waals surface area contributed by atoms with Gasteiger partial charge in [0.25, 0.3) is 0 Å². The van der Waals surface area contributed by atoms with Crippen LogP contribution in [0.15, 0.2) is 47.4 Å². The molecule has 6 heteroatoms. The van der Waals surface area contributed by atoms with Gasteiger partial charge in [0.2, 0.25) is 5.91 Å². The second kappa shape index (κ2) is 9.38. The van der Waals surface area contributed by atoms with Crippen LogP contribution in [0.4, 0.5) is 0 Å². The molecule has 0 saturated heterocycles. The van der Waals surface area contributed by atoms with Crippen molar-refractivity contribution in [1.82, 2.24) is 5.32 Å². The van der Waals surface area contributed by atoms with Crippen LogP contribution in [0.1, 0.15) is 12.0 Å². The monoisotopic (exact) mass is 373 g/mol. The maximum absolute atomic E-state index is 12.0. The fourth-order valence-corrected chi connectivity index (χ4v) is 3.33. The Balaban J connectivity index is 1.41. The lowest BCUT2D eigenvalue weighted by atomic mass is 10.1. The molecule has 5 nitrogen and oxygen atoms in total. The van der Waals surface area contributed by atoms with Gasteiger partial charge in [-0.1, -0.05) is 12.1 Å². The number of methoxy groups -OCH3 is 1. The zero-order chi connectivity index (χ0) is 18.2. The lowest BCUT2D eigenvalue weighted by Gasteiger charge is -2.09. The predicted molar refractivity (Wildman–Crippen MR) is 102 cm³/mol. The van der Waals surface area contributed by atoms with Crippen LogP contribution in [0.2, 0.25) is 0 Å². The fourth-order valence-electron chi connectivity index (χ4n) is 2.57. The van der Waals surface area contributed by atoms with E-state index in [1.54, 1.807) is 7.11 Å². The van der Waals surface area contributed by atoms with Crippen molar-refractivity contribution in [2.24, 2.45) is 0 Å². The summed E-state index contributed by atoms with van der Waals surface area (Å²) >= 11 is 1.50. The van der Waals surface area contributed by atoms with Crippen molar-refractivity contribution in [3.8, 4) is 17.2 Å². The van der Waals surface area contributed by atoms with E-state index in [0.717, 1.165) is 35.0 Å². The topological polar surface area (TPSA) is 56.8 Å². The standard InChI is InChI=1S/C20H23NO4S/c1-23-16-5-3-15(4-6-16)9-10-21-20(22)14-26-17-7-8-18-19(13-17)25-12-2-11-24-18/h3-8,13H,2,9-12,14H2,1H3,(H,21,22). The Bertz CT molecular complexity index is 733. The predicted octanol–water partition coefficient (Wildman–Crippen LogP) is 3.31. The van der Waals surface area contributed by atoms with Crippen molar-refractivity contribution in [1.29, 1.82) is 0 Å². The van der Waals surface area contributed by atoms with E-state index in [9.17, 15) is 4.79 Å². The first kappa shape index (κ1) is 18.5. The molecular formula is C20H23NO4S. The first-order chi connectivity index (χ1) is 12.7. The molecule has 1 aliphatic rings. The fraction of sp³-hybridized carbons (Fsp3) is 0.350. The van der Waals surface area contributed by atoms with E-state index in [1.807, 2.05) is 42.5 Å². The molecule has 0 spiro atoms. The number of amides is 1. The van der Waals surface area contributed by atoms with Gasteiger partial charge in [0.15, 0.2) is 11.5 Å². The van der Waals surface area contributed by atoms with E-state index >= 15 is 0 Å². The molecule has 0 aliphatic carbocycles. The molecule has 0 bridgehead atoms. The number of thioether (sulfide) groups is 1. The molecule has 26 heavy (non-hydrogen) atoms. The van der Waals surface area contributed by atoms with Gasteiger partial charge >= 0.3 is 0 Å². The Labute approximate surface area is 158 Å². The molecule has 1 aliphatic heterocycles. The highest BCUT2D eigenvalue weighted by Gasteiger charge is 2.11. The highest BCUT2D eigenvalue weighted by Crippen LogP contribution is 2.33. The highest BCUT2D eigenvalue weighted by atomic mass is 32.2. The van der Waals surface area contributed by atoms with Gasteiger partial charge in [-0.05, 0) is 42.3 Å².